The van der Waals surface area contributed by atoms with Crippen molar-refractivity contribution in [2.24, 2.45) is 0 Å². The van der Waals surface area contributed by atoms with Crippen LogP contribution in [-0.4, -0.2) is 21.6 Å². The van der Waals surface area contributed by atoms with Crippen molar-refractivity contribution in [1.29, 1.82) is 0 Å². The Morgan fingerprint density at radius 1 is 1.06 bits per heavy atom. The van der Waals surface area contributed by atoms with Gasteiger partial charge in [-0.2, -0.15) is 0 Å². The van der Waals surface area contributed by atoms with E-state index in [-0.39, 0.29) is 11.7 Å². The molecule has 0 fully saturated rings. The lowest BCUT2D eigenvalue weighted by Crippen LogP contribution is -2.13. The molecule has 0 aliphatic heterocycles. The average molecular weight is 549 g/mol. The maximum atomic E-state index is 12.5. The van der Waals surface area contributed by atoms with Gasteiger partial charge in [-0.1, -0.05) is 66.2 Å². The summed E-state index contributed by atoms with van der Waals surface area (Å²) < 4.78 is 0.858. The predicted octanol–water partition coefficient (Wildman–Crippen LogP) is 7.69. The summed E-state index contributed by atoms with van der Waals surface area (Å²) in [6.45, 7) is 4.12. The van der Waals surface area contributed by atoms with Crippen molar-refractivity contribution in [2.45, 2.75) is 37.4 Å². The molecule has 2 aromatic carbocycles. The number of hydrogen-bond donors (Lipinski definition) is 1. The topological polar surface area (TPSA) is 54.9 Å². The van der Waals surface area contributed by atoms with E-state index >= 15 is 0 Å². The lowest BCUT2D eigenvalue weighted by molar-refractivity contribution is -0.113. The van der Waals surface area contributed by atoms with Gasteiger partial charge in [0, 0.05) is 38.8 Å². The number of carbonyl (C=O) groups excluding carboxylic acids is 1. The minimum Gasteiger partial charge on any atom is -0.301 e. The van der Waals surface area contributed by atoms with Gasteiger partial charge in [0.15, 0.2) is 9.47 Å². The van der Waals surface area contributed by atoms with Gasteiger partial charge >= 0.3 is 0 Å². The van der Waals surface area contributed by atoms with Crippen LogP contribution in [0.4, 0.5) is 5.13 Å². The monoisotopic (exact) mass is 547 g/mol. The highest BCUT2D eigenvalue weighted by molar-refractivity contribution is 8.01. The summed E-state index contributed by atoms with van der Waals surface area (Å²) in [5, 5.41) is 4.87. The van der Waals surface area contributed by atoms with Gasteiger partial charge in [-0.25, -0.2) is 9.97 Å². The zero-order valence-electron chi connectivity index (χ0n) is 18.7. The van der Waals surface area contributed by atoms with Crippen LogP contribution in [0.3, 0.4) is 0 Å². The molecule has 0 saturated heterocycles. The van der Waals surface area contributed by atoms with Crippen LogP contribution in [0.15, 0.2) is 53.0 Å². The second-order valence-electron chi connectivity index (χ2n) is 7.72. The van der Waals surface area contributed by atoms with Gasteiger partial charge in [0.25, 0.3) is 0 Å². The van der Waals surface area contributed by atoms with Gasteiger partial charge in [-0.05, 0) is 48.2 Å². The maximum absolute atomic E-state index is 12.5. The third-order valence-corrected chi connectivity index (χ3v) is 8.98. The first-order chi connectivity index (χ1) is 16.4. The summed E-state index contributed by atoms with van der Waals surface area (Å²) in [6, 6.07) is 14.1. The Bertz CT molecular complexity index is 1290. The number of nitrogens with zero attached hydrogens (tertiary/aromatic N) is 2. The largest absolute Gasteiger partial charge is 0.301 e. The molecule has 34 heavy (non-hydrogen) atoms. The number of thioether (sulfide) groups is 1. The minimum atomic E-state index is -0.0921. The first-order valence-electron chi connectivity index (χ1n) is 10.7. The number of nitrogens with one attached hydrogen (secondary N) is 1. The highest BCUT2D eigenvalue weighted by atomic mass is 35.5. The normalized spacial score (nSPS) is 11.1. The number of aryl methyl sites for hydroxylation is 2. The Balaban J connectivity index is 1.29. The fraction of sp³-hybridized carbons (Fsp3) is 0.240. The summed E-state index contributed by atoms with van der Waals surface area (Å²) >= 11 is 16.9. The smallest absolute Gasteiger partial charge is 0.236 e. The van der Waals surface area contributed by atoms with Gasteiger partial charge < -0.3 is 5.32 Å². The van der Waals surface area contributed by atoms with Crippen LogP contribution in [0, 0.1) is 6.92 Å². The van der Waals surface area contributed by atoms with E-state index in [1.54, 1.807) is 17.4 Å². The van der Waals surface area contributed by atoms with E-state index in [4.69, 9.17) is 23.2 Å². The highest BCUT2D eigenvalue weighted by Gasteiger charge is 2.14. The summed E-state index contributed by atoms with van der Waals surface area (Å²) in [7, 11) is 0. The number of anilines is 1. The Morgan fingerprint density at radius 2 is 1.82 bits per heavy atom. The molecule has 0 aliphatic rings. The van der Waals surface area contributed by atoms with E-state index in [1.807, 2.05) is 25.3 Å². The quantitative estimate of drug-likeness (QED) is 0.218. The zero-order valence-corrected chi connectivity index (χ0v) is 22.7. The molecule has 0 saturated carbocycles. The van der Waals surface area contributed by atoms with E-state index in [0.29, 0.717) is 21.6 Å². The minimum absolute atomic E-state index is 0.0921. The van der Waals surface area contributed by atoms with Gasteiger partial charge in [-0.3, -0.25) is 4.79 Å². The number of thiazole rings is 2. The van der Waals surface area contributed by atoms with Crippen molar-refractivity contribution >= 4 is 68.7 Å². The van der Waals surface area contributed by atoms with Crippen LogP contribution >= 0.6 is 57.6 Å². The Hall–Kier alpha value is -1.90. The fourth-order valence-electron chi connectivity index (χ4n) is 3.30. The predicted molar refractivity (Wildman–Crippen MR) is 146 cm³/mol. The maximum Gasteiger partial charge on any atom is 0.236 e. The summed E-state index contributed by atoms with van der Waals surface area (Å²) in [6.07, 6.45) is 4.34. The molecule has 0 radical (unpaired) electrons. The second-order valence-corrected chi connectivity index (χ2v) is 12.0. The Morgan fingerprint density at radius 3 is 2.59 bits per heavy atom. The van der Waals surface area contributed by atoms with Gasteiger partial charge in [0.05, 0.1) is 11.4 Å². The molecule has 0 bridgehead atoms. The molecule has 4 aromatic rings. The number of carbonyl (C=O) groups is 1. The van der Waals surface area contributed by atoms with Crippen LogP contribution in [0.2, 0.25) is 10.0 Å². The van der Waals surface area contributed by atoms with E-state index in [2.05, 4.69) is 46.5 Å². The third kappa shape index (κ3) is 6.83. The van der Waals surface area contributed by atoms with E-state index < -0.39 is 0 Å². The van der Waals surface area contributed by atoms with E-state index in [1.165, 1.54) is 34.2 Å². The first-order valence-corrected chi connectivity index (χ1v) is 14.1. The summed E-state index contributed by atoms with van der Waals surface area (Å²) in [5.74, 6) is 0.183. The van der Waals surface area contributed by atoms with Gasteiger partial charge in [-0.15, -0.1) is 22.7 Å². The SMILES string of the molecule is CCc1ccc(Cc2cnc(NC(=O)CSc3nc(C)c(Cc4cc(Cl)ccc4Cl)s3)s2)cc1. The second kappa shape index (κ2) is 11.7. The standard InChI is InChI=1S/C25H23Cl2N3OS3/c1-3-16-4-6-17(7-5-16)10-20-13-28-24(33-20)30-23(31)14-32-25-29-15(2)22(34-25)12-18-11-19(26)8-9-21(18)27/h4-9,11,13H,3,10,12,14H2,1-2H3,(H,28,30,31). The van der Waals surface area contributed by atoms with Crippen molar-refractivity contribution in [3.63, 3.8) is 0 Å². The van der Waals surface area contributed by atoms with Crippen LogP contribution in [0.1, 0.15) is 39.1 Å². The number of halogens is 2. The average Bonchev–Trinajstić information content (AvgIpc) is 3.41. The third-order valence-electron chi connectivity index (χ3n) is 5.17. The van der Waals surface area contributed by atoms with Crippen molar-refractivity contribution < 1.29 is 4.79 Å². The van der Waals surface area contributed by atoms with Crippen molar-refractivity contribution in [1.82, 2.24) is 9.97 Å². The molecule has 4 rings (SSSR count). The molecule has 2 heterocycles. The molecule has 9 heteroatoms. The molecule has 0 atom stereocenters. The first kappa shape index (κ1) is 25.2. The number of hydrogen-bond acceptors (Lipinski definition) is 6. The molecule has 176 valence electrons. The molecule has 0 unspecified atom stereocenters. The van der Waals surface area contributed by atoms with Crippen molar-refractivity contribution in [2.75, 3.05) is 11.1 Å². The number of benzene rings is 2. The molecule has 0 spiro atoms. The fourth-order valence-corrected chi connectivity index (χ4v) is 6.60. The molecular formula is C25H23Cl2N3OS3. The van der Waals surface area contributed by atoms with Crippen molar-refractivity contribution in [3.8, 4) is 0 Å². The van der Waals surface area contributed by atoms with Crippen LogP contribution in [0.5, 0.6) is 0 Å². The van der Waals surface area contributed by atoms with E-state index in [0.717, 1.165) is 38.2 Å². The van der Waals surface area contributed by atoms with E-state index in [9.17, 15) is 4.79 Å². The molecule has 4 nitrogen and oxygen atoms in total. The van der Waals surface area contributed by atoms with Crippen LogP contribution in [0.25, 0.3) is 0 Å². The summed E-state index contributed by atoms with van der Waals surface area (Å²) in [5.41, 5.74) is 4.48. The molecule has 1 N–H and O–H groups in total. The molecule has 2 aromatic heterocycles. The molecule has 1 amide bonds. The Kier molecular flexibility index (Phi) is 8.66. The lowest BCUT2D eigenvalue weighted by Gasteiger charge is -2.03. The zero-order chi connectivity index (χ0) is 24.1. The number of rotatable bonds is 9. The molecular weight excluding hydrogens is 525 g/mol. The van der Waals surface area contributed by atoms with Crippen molar-refractivity contribution in [3.05, 3.63) is 90.8 Å². The van der Waals surface area contributed by atoms with Gasteiger partial charge in [0.1, 0.15) is 0 Å². The number of aromatic nitrogens is 2. The van der Waals surface area contributed by atoms with Gasteiger partial charge in [0.2, 0.25) is 5.91 Å². The molecule has 0 aliphatic carbocycles. The van der Waals surface area contributed by atoms with Crippen LogP contribution < -0.4 is 5.32 Å². The van der Waals surface area contributed by atoms with Crippen LogP contribution in [-0.2, 0) is 24.1 Å². The Labute approximate surface area is 221 Å². The lowest BCUT2D eigenvalue weighted by atomic mass is 10.1. The summed E-state index contributed by atoms with van der Waals surface area (Å²) in [4.78, 5) is 23.7. The highest BCUT2D eigenvalue weighted by Crippen LogP contribution is 2.31. The number of amides is 1.